The molecular weight excluding hydrogens is 358 g/mol. The number of fused-ring (bicyclic) bond motifs is 1. The first-order chi connectivity index (χ1) is 12.1. The van der Waals surface area contributed by atoms with E-state index >= 15 is 0 Å². The Labute approximate surface area is 150 Å². The molecule has 0 spiro atoms. The average Bonchev–Trinajstić information content (AvgIpc) is 3.05. The Balaban J connectivity index is 1.41. The third-order valence-electron chi connectivity index (χ3n) is 4.21. The van der Waals surface area contributed by atoms with Crippen LogP contribution in [0.25, 0.3) is 10.2 Å². The molecule has 2 aromatic heterocycles. The molecule has 0 radical (unpaired) electrons. The van der Waals surface area contributed by atoms with E-state index in [1.165, 1.54) is 21.8 Å². The fourth-order valence-corrected chi connectivity index (χ4v) is 5.20. The molecule has 1 aliphatic heterocycles. The van der Waals surface area contributed by atoms with Crippen LogP contribution in [0.2, 0.25) is 0 Å². The second kappa shape index (κ2) is 6.70. The lowest BCUT2D eigenvalue weighted by Crippen LogP contribution is -2.41. The van der Waals surface area contributed by atoms with Crippen LogP contribution in [0.5, 0.6) is 5.19 Å². The molecule has 1 aliphatic rings. The zero-order chi connectivity index (χ0) is 17.3. The number of ether oxygens (including phenoxy) is 1. The van der Waals surface area contributed by atoms with Crippen molar-refractivity contribution < 1.29 is 13.2 Å². The van der Waals surface area contributed by atoms with Gasteiger partial charge in [0.1, 0.15) is 11.0 Å². The molecule has 0 amide bonds. The Morgan fingerprint density at radius 2 is 1.92 bits per heavy atom. The number of sulfonamides is 1. The number of para-hydroxylation sites is 1. The molecule has 0 unspecified atom stereocenters. The van der Waals surface area contributed by atoms with Gasteiger partial charge in [-0.25, -0.2) is 13.4 Å². The summed E-state index contributed by atoms with van der Waals surface area (Å²) in [4.78, 5) is 8.61. The molecule has 0 bridgehead atoms. The number of nitrogens with zero attached hydrogens (tertiary/aromatic N) is 3. The lowest BCUT2D eigenvalue weighted by molar-refractivity contribution is 0.135. The highest BCUT2D eigenvalue weighted by Crippen LogP contribution is 2.30. The number of hydrogen-bond donors (Lipinski definition) is 0. The summed E-state index contributed by atoms with van der Waals surface area (Å²) in [6.07, 6.45) is 4.24. The number of rotatable bonds is 4. The van der Waals surface area contributed by atoms with Crippen LogP contribution in [-0.2, 0) is 10.0 Å². The predicted molar refractivity (Wildman–Crippen MR) is 96.3 cm³/mol. The first kappa shape index (κ1) is 16.4. The third-order valence-corrected chi connectivity index (χ3v) is 7.02. The Morgan fingerprint density at radius 1 is 1.12 bits per heavy atom. The van der Waals surface area contributed by atoms with Crippen LogP contribution in [0.3, 0.4) is 0 Å². The SMILES string of the molecule is O=S(=O)(c1cccnc1)N1CCC(Oc2nc3ccccc3s2)CC1. The molecular formula is C17H17N3O3S2. The summed E-state index contributed by atoms with van der Waals surface area (Å²) in [6.45, 7) is 0.875. The average molecular weight is 375 g/mol. The van der Waals surface area contributed by atoms with E-state index in [0.29, 0.717) is 31.1 Å². The monoisotopic (exact) mass is 375 g/mol. The minimum Gasteiger partial charge on any atom is -0.467 e. The van der Waals surface area contributed by atoms with Gasteiger partial charge < -0.3 is 4.74 Å². The van der Waals surface area contributed by atoms with Crippen LogP contribution in [0.15, 0.2) is 53.7 Å². The van der Waals surface area contributed by atoms with Crippen LogP contribution in [0.1, 0.15) is 12.8 Å². The number of pyridine rings is 1. The van der Waals surface area contributed by atoms with Crippen LogP contribution in [0.4, 0.5) is 0 Å². The third kappa shape index (κ3) is 3.37. The standard InChI is InChI=1S/C17H17N3O3S2/c21-25(22,14-4-3-9-18-12-14)20-10-7-13(8-11-20)23-17-19-15-5-1-2-6-16(15)24-17/h1-6,9,12-13H,7-8,10-11H2. The van der Waals surface area contributed by atoms with Gasteiger partial charge in [0, 0.05) is 25.5 Å². The fraction of sp³-hybridized carbons (Fsp3) is 0.294. The Bertz CT molecular complexity index is 932. The first-order valence-corrected chi connectivity index (χ1v) is 10.3. The van der Waals surface area contributed by atoms with Gasteiger partial charge in [-0.15, -0.1) is 0 Å². The second-order valence-corrected chi connectivity index (χ2v) is 8.79. The van der Waals surface area contributed by atoms with Crippen molar-refractivity contribution in [3.05, 3.63) is 48.8 Å². The lowest BCUT2D eigenvalue weighted by atomic mass is 10.1. The van der Waals surface area contributed by atoms with E-state index < -0.39 is 10.0 Å². The molecule has 130 valence electrons. The summed E-state index contributed by atoms with van der Waals surface area (Å²) in [5, 5.41) is 0.648. The van der Waals surface area contributed by atoms with Crippen molar-refractivity contribution in [2.45, 2.75) is 23.8 Å². The normalized spacial score (nSPS) is 17.0. The molecule has 25 heavy (non-hydrogen) atoms. The molecule has 3 aromatic rings. The Kier molecular flexibility index (Phi) is 4.41. The predicted octanol–water partition coefficient (Wildman–Crippen LogP) is 2.92. The zero-order valence-corrected chi connectivity index (χ0v) is 15.0. The van der Waals surface area contributed by atoms with Crippen molar-refractivity contribution >= 4 is 31.6 Å². The quantitative estimate of drug-likeness (QED) is 0.701. The Morgan fingerprint density at radius 3 is 2.64 bits per heavy atom. The van der Waals surface area contributed by atoms with Crippen LogP contribution in [0, 0.1) is 0 Å². The van der Waals surface area contributed by atoms with Gasteiger partial charge in [0.2, 0.25) is 10.0 Å². The molecule has 3 heterocycles. The van der Waals surface area contributed by atoms with Gasteiger partial charge >= 0.3 is 0 Å². The molecule has 0 saturated carbocycles. The smallest absolute Gasteiger partial charge is 0.274 e. The summed E-state index contributed by atoms with van der Waals surface area (Å²) in [7, 11) is -3.48. The first-order valence-electron chi connectivity index (χ1n) is 8.05. The van der Waals surface area contributed by atoms with Crippen LogP contribution in [-0.4, -0.2) is 41.9 Å². The summed E-state index contributed by atoms with van der Waals surface area (Å²) in [6, 6.07) is 11.1. The summed E-state index contributed by atoms with van der Waals surface area (Å²) < 4.78 is 33.8. The van der Waals surface area contributed by atoms with Crippen molar-refractivity contribution in [3.8, 4) is 5.19 Å². The van der Waals surface area contributed by atoms with E-state index in [1.807, 2.05) is 24.3 Å². The fourth-order valence-electron chi connectivity index (χ4n) is 2.88. The van der Waals surface area contributed by atoms with Gasteiger partial charge in [0.25, 0.3) is 5.19 Å². The molecule has 1 saturated heterocycles. The largest absolute Gasteiger partial charge is 0.467 e. The molecule has 1 fully saturated rings. The minimum atomic E-state index is -3.48. The zero-order valence-electron chi connectivity index (χ0n) is 13.4. The van der Waals surface area contributed by atoms with Gasteiger partial charge in [0.05, 0.1) is 10.2 Å². The lowest BCUT2D eigenvalue weighted by Gasteiger charge is -2.30. The van der Waals surface area contributed by atoms with Crippen molar-refractivity contribution in [1.29, 1.82) is 0 Å². The van der Waals surface area contributed by atoms with Gasteiger partial charge in [-0.1, -0.05) is 23.5 Å². The molecule has 4 rings (SSSR count). The summed E-state index contributed by atoms with van der Waals surface area (Å²) in [5.74, 6) is 0. The maximum Gasteiger partial charge on any atom is 0.274 e. The highest BCUT2D eigenvalue weighted by Gasteiger charge is 2.30. The topological polar surface area (TPSA) is 72.4 Å². The summed E-state index contributed by atoms with van der Waals surface area (Å²) >= 11 is 1.52. The van der Waals surface area contributed by atoms with E-state index in [1.54, 1.807) is 18.3 Å². The molecule has 0 N–H and O–H groups in total. The molecule has 6 nitrogen and oxygen atoms in total. The second-order valence-electron chi connectivity index (χ2n) is 5.86. The maximum atomic E-state index is 12.6. The van der Waals surface area contributed by atoms with Crippen LogP contribution < -0.4 is 4.74 Å². The van der Waals surface area contributed by atoms with Crippen molar-refractivity contribution in [3.63, 3.8) is 0 Å². The van der Waals surface area contributed by atoms with Crippen LogP contribution >= 0.6 is 11.3 Å². The highest BCUT2D eigenvalue weighted by molar-refractivity contribution is 7.89. The molecule has 0 atom stereocenters. The summed E-state index contributed by atoms with van der Waals surface area (Å²) in [5.41, 5.74) is 0.930. The van der Waals surface area contributed by atoms with Crippen molar-refractivity contribution in [1.82, 2.24) is 14.3 Å². The van der Waals surface area contributed by atoms with E-state index in [2.05, 4.69) is 9.97 Å². The number of aromatic nitrogens is 2. The van der Waals surface area contributed by atoms with E-state index in [0.717, 1.165) is 10.2 Å². The maximum absolute atomic E-state index is 12.6. The number of piperidine rings is 1. The van der Waals surface area contributed by atoms with Gasteiger partial charge in [-0.2, -0.15) is 4.31 Å². The van der Waals surface area contributed by atoms with E-state index in [-0.39, 0.29) is 11.0 Å². The number of hydrogen-bond acceptors (Lipinski definition) is 6. The molecule has 8 heteroatoms. The van der Waals surface area contributed by atoms with Gasteiger partial charge in [-0.05, 0) is 37.1 Å². The van der Waals surface area contributed by atoms with Crippen molar-refractivity contribution in [2.24, 2.45) is 0 Å². The molecule has 0 aliphatic carbocycles. The minimum absolute atomic E-state index is 0.0130. The van der Waals surface area contributed by atoms with Gasteiger partial charge in [-0.3, -0.25) is 4.98 Å². The number of thiazole rings is 1. The Hall–Kier alpha value is -2.03. The van der Waals surface area contributed by atoms with Gasteiger partial charge in [0.15, 0.2) is 0 Å². The van der Waals surface area contributed by atoms with E-state index in [9.17, 15) is 8.42 Å². The highest BCUT2D eigenvalue weighted by atomic mass is 32.2. The van der Waals surface area contributed by atoms with E-state index in [4.69, 9.17) is 4.74 Å². The van der Waals surface area contributed by atoms with Crippen molar-refractivity contribution in [2.75, 3.05) is 13.1 Å². The number of benzene rings is 1. The molecule has 1 aromatic carbocycles.